The van der Waals surface area contributed by atoms with Gasteiger partial charge in [0.15, 0.2) is 17.7 Å². The maximum Gasteiger partial charge on any atom is 0.183 e. The third kappa shape index (κ3) is 2.33. The average Bonchev–Trinajstić information content (AvgIpc) is 2.26. The molecule has 1 fully saturated rings. The van der Waals surface area contributed by atoms with Crippen LogP contribution in [0.25, 0.3) is 0 Å². The smallest absolute Gasteiger partial charge is 0.183 e. The van der Waals surface area contributed by atoms with Crippen LogP contribution in [-0.4, -0.2) is 12.5 Å². The molecule has 15 heavy (non-hydrogen) atoms. The summed E-state index contributed by atoms with van der Waals surface area (Å²) >= 11 is 0. The minimum absolute atomic E-state index is 0.0393. The Kier molecular flexibility index (Phi) is 3.78. The molecule has 0 aliphatic carbocycles. The van der Waals surface area contributed by atoms with Gasteiger partial charge in [-0.1, -0.05) is 41.5 Å². The monoisotopic (exact) mass is 286 g/mol. The van der Waals surface area contributed by atoms with Crippen molar-refractivity contribution < 1.29 is 8.42 Å². The van der Waals surface area contributed by atoms with Crippen molar-refractivity contribution >= 4 is 39.3 Å². The molecule has 0 radical (unpaired) electrons. The molecule has 1 aliphatic rings. The maximum absolute atomic E-state index is 11.6. The van der Waals surface area contributed by atoms with Gasteiger partial charge in [-0.2, -0.15) is 0 Å². The SMILES string of the molecule is CC(C)(C)C1(C(C)(C)C)SS(=O)S(=O)S1. The Morgan fingerprint density at radius 3 is 1.20 bits per heavy atom. The Morgan fingerprint density at radius 1 is 0.800 bits per heavy atom. The Hall–Kier alpha value is 1.000. The van der Waals surface area contributed by atoms with Gasteiger partial charge in [0.05, 0.1) is 4.08 Å². The second kappa shape index (κ2) is 4.03. The van der Waals surface area contributed by atoms with Gasteiger partial charge in [0.25, 0.3) is 0 Å². The van der Waals surface area contributed by atoms with Crippen LogP contribution in [0.2, 0.25) is 0 Å². The summed E-state index contributed by atoms with van der Waals surface area (Å²) in [6.45, 7) is 12.7. The third-order valence-corrected chi connectivity index (χ3v) is 14.2. The van der Waals surface area contributed by atoms with E-state index in [9.17, 15) is 8.42 Å². The highest BCUT2D eigenvalue weighted by atomic mass is 33.7. The summed E-state index contributed by atoms with van der Waals surface area (Å²) in [4.78, 5) is 0. The first-order valence-corrected chi connectivity index (χ1v) is 10.2. The Bertz CT molecular complexity index is 279. The molecule has 90 valence electrons. The van der Waals surface area contributed by atoms with Crippen molar-refractivity contribution in [2.24, 2.45) is 10.8 Å². The molecule has 1 aliphatic heterocycles. The van der Waals surface area contributed by atoms with Crippen molar-refractivity contribution in [2.45, 2.75) is 45.6 Å². The molecule has 1 rings (SSSR count). The van der Waals surface area contributed by atoms with Gasteiger partial charge in [0.1, 0.15) is 0 Å². The fourth-order valence-corrected chi connectivity index (χ4v) is 15.2. The highest BCUT2D eigenvalue weighted by Gasteiger charge is 2.59. The zero-order chi connectivity index (χ0) is 12.1. The molecular formula is C9H18O2S4. The third-order valence-electron chi connectivity index (χ3n) is 2.46. The lowest BCUT2D eigenvalue weighted by atomic mass is 9.76. The second-order valence-corrected chi connectivity index (χ2v) is 14.2. The molecule has 0 saturated carbocycles. The van der Waals surface area contributed by atoms with Crippen molar-refractivity contribution in [1.29, 1.82) is 0 Å². The highest BCUT2D eigenvalue weighted by molar-refractivity contribution is 9.20. The molecule has 2 unspecified atom stereocenters. The fraction of sp³-hybridized carbons (Fsp3) is 1.00. The summed E-state index contributed by atoms with van der Waals surface area (Å²) in [6.07, 6.45) is 0. The van der Waals surface area contributed by atoms with Gasteiger partial charge >= 0.3 is 0 Å². The molecule has 0 aromatic rings. The second-order valence-electron chi connectivity index (χ2n) is 5.69. The fourth-order valence-electron chi connectivity index (χ4n) is 1.89. The summed E-state index contributed by atoms with van der Waals surface area (Å²) in [5.41, 5.74) is -0.0786. The van der Waals surface area contributed by atoms with E-state index < -0.39 is 17.7 Å². The van der Waals surface area contributed by atoms with Gasteiger partial charge < -0.3 is 0 Å². The van der Waals surface area contributed by atoms with Crippen molar-refractivity contribution in [3.05, 3.63) is 0 Å². The van der Waals surface area contributed by atoms with E-state index in [-0.39, 0.29) is 14.9 Å². The summed E-state index contributed by atoms with van der Waals surface area (Å²) in [6, 6.07) is 0. The minimum atomic E-state index is -1.28. The van der Waals surface area contributed by atoms with Crippen LogP contribution in [0, 0.1) is 10.8 Å². The van der Waals surface area contributed by atoms with E-state index in [0.717, 1.165) is 0 Å². The Labute approximate surface area is 104 Å². The maximum atomic E-state index is 11.6. The van der Waals surface area contributed by atoms with Crippen LogP contribution in [-0.2, 0) is 17.7 Å². The van der Waals surface area contributed by atoms with Crippen LogP contribution in [0.4, 0.5) is 0 Å². The molecule has 1 saturated heterocycles. The number of hydrogen-bond donors (Lipinski definition) is 0. The van der Waals surface area contributed by atoms with Crippen LogP contribution in [0.1, 0.15) is 41.5 Å². The predicted molar refractivity (Wildman–Crippen MR) is 73.1 cm³/mol. The van der Waals surface area contributed by atoms with Gasteiger partial charge in [0, 0.05) is 0 Å². The van der Waals surface area contributed by atoms with E-state index in [1.807, 2.05) is 0 Å². The lowest BCUT2D eigenvalue weighted by molar-refractivity contribution is 0.224. The molecular weight excluding hydrogens is 268 g/mol. The van der Waals surface area contributed by atoms with Gasteiger partial charge in [-0.3, -0.25) is 0 Å². The molecule has 0 bridgehead atoms. The first-order chi connectivity index (χ1) is 6.51. The van der Waals surface area contributed by atoms with Crippen LogP contribution in [0.5, 0.6) is 0 Å². The minimum Gasteiger partial charge on any atom is -0.233 e. The van der Waals surface area contributed by atoms with Crippen molar-refractivity contribution in [3.8, 4) is 0 Å². The molecule has 6 heteroatoms. The van der Waals surface area contributed by atoms with Crippen LogP contribution in [0.3, 0.4) is 0 Å². The quantitative estimate of drug-likeness (QED) is 0.638. The van der Waals surface area contributed by atoms with Gasteiger partial charge in [-0.15, -0.1) is 0 Å². The standard InChI is InChI=1S/C9H18O2S4/c1-7(2,3)9(8(4,5)6)12-14(10)15(11)13-9/h1-6H3. The lowest BCUT2D eigenvalue weighted by Gasteiger charge is -2.47. The first kappa shape index (κ1) is 14.1. The van der Waals surface area contributed by atoms with Gasteiger partial charge in [-0.25, -0.2) is 8.42 Å². The predicted octanol–water partition coefficient (Wildman–Crippen LogP) is 3.50. The normalized spacial score (nSPS) is 31.9. The van der Waals surface area contributed by atoms with E-state index in [1.54, 1.807) is 0 Å². The van der Waals surface area contributed by atoms with Gasteiger partial charge in [0.2, 0.25) is 0 Å². The molecule has 2 atom stereocenters. The van der Waals surface area contributed by atoms with Crippen LogP contribution in [0.15, 0.2) is 0 Å². The van der Waals surface area contributed by atoms with Crippen molar-refractivity contribution in [3.63, 3.8) is 0 Å². The van der Waals surface area contributed by atoms with E-state index >= 15 is 0 Å². The lowest BCUT2D eigenvalue weighted by Crippen LogP contribution is -2.45. The van der Waals surface area contributed by atoms with E-state index in [0.29, 0.717) is 0 Å². The zero-order valence-electron chi connectivity index (χ0n) is 9.95. The largest absolute Gasteiger partial charge is 0.233 e. The van der Waals surface area contributed by atoms with Crippen LogP contribution >= 0.6 is 21.6 Å². The Morgan fingerprint density at radius 2 is 1.07 bits per heavy atom. The first-order valence-electron chi connectivity index (χ1n) is 4.74. The van der Waals surface area contributed by atoms with E-state index in [1.165, 1.54) is 21.6 Å². The molecule has 0 aromatic heterocycles. The average molecular weight is 287 g/mol. The molecule has 0 N–H and O–H groups in total. The van der Waals surface area contributed by atoms with Crippen molar-refractivity contribution in [2.75, 3.05) is 0 Å². The highest BCUT2D eigenvalue weighted by Crippen LogP contribution is 2.66. The molecule has 0 amide bonds. The summed E-state index contributed by atoms with van der Waals surface area (Å²) < 4.78 is 23.0. The van der Waals surface area contributed by atoms with Gasteiger partial charge in [-0.05, 0) is 32.4 Å². The van der Waals surface area contributed by atoms with E-state index in [4.69, 9.17) is 0 Å². The van der Waals surface area contributed by atoms with Crippen molar-refractivity contribution in [1.82, 2.24) is 0 Å². The van der Waals surface area contributed by atoms with Crippen LogP contribution < -0.4 is 0 Å². The topological polar surface area (TPSA) is 34.1 Å². The number of hydrogen-bond acceptors (Lipinski definition) is 4. The van der Waals surface area contributed by atoms with E-state index in [2.05, 4.69) is 41.5 Å². The zero-order valence-corrected chi connectivity index (χ0v) is 13.2. The molecule has 0 aromatic carbocycles. The summed E-state index contributed by atoms with van der Waals surface area (Å²) in [7, 11) is 0.184. The summed E-state index contributed by atoms with van der Waals surface area (Å²) in [5.74, 6) is 0. The summed E-state index contributed by atoms with van der Waals surface area (Å²) in [5, 5.41) is 0. The molecule has 0 spiro atoms. The Balaban J connectivity index is 3.24. The molecule has 2 nitrogen and oxygen atoms in total. The molecule has 1 heterocycles. The number of rotatable bonds is 0.